The predicted octanol–water partition coefficient (Wildman–Crippen LogP) is 2.44. The third-order valence-electron chi connectivity index (χ3n) is 3.46. The first-order valence-electron chi connectivity index (χ1n) is 7.06. The maximum Gasteiger partial charge on any atom is 0.263 e. The highest BCUT2D eigenvalue weighted by molar-refractivity contribution is 7.08. The van der Waals surface area contributed by atoms with Crippen LogP contribution in [0.2, 0.25) is 0 Å². The topological polar surface area (TPSA) is 64.0 Å². The average Bonchev–Trinajstić information content (AvgIpc) is 3.10. The molecule has 23 heavy (non-hydrogen) atoms. The van der Waals surface area contributed by atoms with Gasteiger partial charge in [-0.2, -0.15) is 11.3 Å². The van der Waals surface area contributed by atoms with Crippen LogP contribution in [0.25, 0.3) is 11.3 Å². The molecule has 0 bridgehead atoms. The largest absolute Gasteiger partial charge is 0.348 e. The summed E-state index contributed by atoms with van der Waals surface area (Å²) in [6.07, 6.45) is 3.34. The van der Waals surface area contributed by atoms with Crippen molar-refractivity contribution in [3.05, 3.63) is 75.0 Å². The molecule has 0 spiro atoms. The van der Waals surface area contributed by atoms with E-state index in [1.54, 1.807) is 36.8 Å². The van der Waals surface area contributed by atoms with Gasteiger partial charge in [-0.3, -0.25) is 14.6 Å². The first kappa shape index (κ1) is 15.2. The van der Waals surface area contributed by atoms with Gasteiger partial charge in [0.1, 0.15) is 5.56 Å². The van der Waals surface area contributed by atoms with Gasteiger partial charge < -0.3 is 9.88 Å². The zero-order valence-corrected chi connectivity index (χ0v) is 13.3. The van der Waals surface area contributed by atoms with E-state index < -0.39 is 0 Å². The van der Waals surface area contributed by atoms with E-state index in [9.17, 15) is 9.59 Å². The van der Waals surface area contributed by atoms with Gasteiger partial charge in [-0.15, -0.1) is 0 Å². The van der Waals surface area contributed by atoms with Crippen molar-refractivity contribution >= 4 is 17.2 Å². The lowest BCUT2D eigenvalue weighted by molar-refractivity contribution is 0.0949. The first-order valence-corrected chi connectivity index (χ1v) is 8.01. The molecule has 0 aliphatic carbocycles. The SMILES string of the molecule is Cn1cccc(C(=O)NCc2ccnc(-c3ccsc3)c2)c1=O. The Kier molecular flexibility index (Phi) is 4.34. The van der Waals surface area contributed by atoms with Gasteiger partial charge in [-0.1, -0.05) is 0 Å². The Morgan fingerprint density at radius 1 is 1.35 bits per heavy atom. The van der Waals surface area contributed by atoms with Crippen molar-refractivity contribution < 1.29 is 4.79 Å². The standard InChI is InChI=1S/C17H15N3O2S/c1-20-7-2-3-14(17(20)22)16(21)19-10-12-4-6-18-15(9-12)13-5-8-23-11-13/h2-9,11H,10H2,1H3,(H,19,21). The number of aromatic nitrogens is 2. The van der Waals surface area contributed by atoms with E-state index in [4.69, 9.17) is 0 Å². The Labute approximate surface area is 137 Å². The second kappa shape index (κ2) is 6.58. The summed E-state index contributed by atoms with van der Waals surface area (Å²) < 4.78 is 1.38. The van der Waals surface area contributed by atoms with Crippen LogP contribution < -0.4 is 10.9 Å². The molecule has 3 heterocycles. The predicted molar refractivity (Wildman–Crippen MR) is 90.4 cm³/mol. The Bertz CT molecular complexity index is 885. The molecule has 0 aliphatic rings. The lowest BCUT2D eigenvalue weighted by Crippen LogP contribution is -2.31. The minimum absolute atomic E-state index is 0.141. The molecule has 0 aromatic carbocycles. The number of nitrogens with zero attached hydrogens (tertiary/aromatic N) is 2. The second-order valence-electron chi connectivity index (χ2n) is 5.08. The molecular formula is C17H15N3O2S. The molecule has 116 valence electrons. The fourth-order valence-electron chi connectivity index (χ4n) is 2.20. The molecule has 1 amide bonds. The minimum atomic E-state index is -0.375. The van der Waals surface area contributed by atoms with Gasteiger partial charge in [0.2, 0.25) is 0 Å². The van der Waals surface area contributed by atoms with Crippen molar-refractivity contribution in [3.8, 4) is 11.3 Å². The van der Waals surface area contributed by atoms with Crippen LogP contribution in [0.4, 0.5) is 0 Å². The second-order valence-corrected chi connectivity index (χ2v) is 5.86. The number of thiophene rings is 1. The average molecular weight is 325 g/mol. The fraction of sp³-hybridized carbons (Fsp3) is 0.118. The molecular weight excluding hydrogens is 310 g/mol. The maximum absolute atomic E-state index is 12.2. The van der Waals surface area contributed by atoms with E-state index in [1.807, 2.05) is 29.0 Å². The van der Waals surface area contributed by atoms with Crippen molar-refractivity contribution in [3.63, 3.8) is 0 Å². The lowest BCUT2D eigenvalue weighted by atomic mass is 10.1. The normalized spacial score (nSPS) is 10.5. The van der Waals surface area contributed by atoms with Gasteiger partial charge in [0.25, 0.3) is 11.5 Å². The molecule has 5 nitrogen and oxygen atoms in total. The fourth-order valence-corrected chi connectivity index (χ4v) is 2.85. The monoisotopic (exact) mass is 325 g/mol. The van der Waals surface area contributed by atoms with Gasteiger partial charge in [0.05, 0.1) is 5.69 Å². The Morgan fingerprint density at radius 2 is 2.22 bits per heavy atom. The zero-order valence-electron chi connectivity index (χ0n) is 12.5. The summed E-state index contributed by atoms with van der Waals surface area (Å²) in [6.45, 7) is 0.344. The van der Waals surface area contributed by atoms with E-state index >= 15 is 0 Å². The summed E-state index contributed by atoms with van der Waals surface area (Å²) in [5, 5.41) is 6.80. The Balaban J connectivity index is 1.73. The molecule has 0 saturated carbocycles. The molecule has 3 aromatic heterocycles. The van der Waals surface area contributed by atoms with Crippen LogP contribution in [0.3, 0.4) is 0 Å². The number of pyridine rings is 2. The van der Waals surface area contributed by atoms with Crippen LogP contribution in [0.1, 0.15) is 15.9 Å². The number of rotatable bonds is 4. The highest BCUT2D eigenvalue weighted by Gasteiger charge is 2.10. The molecule has 1 N–H and O–H groups in total. The molecule has 3 rings (SSSR count). The van der Waals surface area contributed by atoms with Gasteiger partial charge >= 0.3 is 0 Å². The van der Waals surface area contributed by atoms with Crippen LogP contribution in [-0.4, -0.2) is 15.5 Å². The van der Waals surface area contributed by atoms with Crippen molar-refractivity contribution in [1.29, 1.82) is 0 Å². The summed E-state index contributed by atoms with van der Waals surface area (Å²) in [5.41, 5.74) is 2.69. The molecule has 0 aliphatic heterocycles. The van der Waals surface area contributed by atoms with Crippen molar-refractivity contribution in [2.24, 2.45) is 7.05 Å². The Morgan fingerprint density at radius 3 is 3.00 bits per heavy atom. The lowest BCUT2D eigenvalue weighted by Gasteiger charge is -2.07. The van der Waals surface area contributed by atoms with Gasteiger partial charge in [-0.05, 0) is 41.3 Å². The van der Waals surface area contributed by atoms with E-state index in [0.29, 0.717) is 6.54 Å². The van der Waals surface area contributed by atoms with Gasteiger partial charge in [-0.25, -0.2) is 0 Å². The first-order chi connectivity index (χ1) is 11.1. The van der Waals surface area contributed by atoms with Crippen molar-refractivity contribution in [1.82, 2.24) is 14.9 Å². The van der Waals surface area contributed by atoms with Crippen LogP contribution in [0, 0.1) is 0 Å². The molecule has 0 saturated heterocycles. The summed E-state index contributed by atoms with van der Waals surface area (Å²) >= 11 is 1.61. The van der Waals surface area contributed by atoms with Crippen molar-refractivity contribution in [2.75, 3.05) is 0 Å². The van der Waals surface area contributed by atoms with Gasteiger partial charge in [0.15, 0.2) is 0 Å². The van der Waals surface area contributed by atoms with E-state index in [0.717, 1.165) is 16.8 Å². The third kappa shape index (κ3) is 3.37. The number of nitrogens with one attached hydrogen (secondary N) is 1. The number of carbonyl (C=O) groups excluding carboxylic acids is 1. The quantitative estimate of drug-likeness (QED) is 0.801. The summed E-state index contributed by atoms with van der Waals surface area (Å²) in [7, 11) is 1.62. The number of aryl methyl sites for hydroxylation is 1. The summed E-state index contributed by atoms with van der Waals surface area (Å²) in [5.74, 6) is -0.375. The zero-order chi connectivity index (χ0) is 16.2. The minimum Gasteiger partial charge on any atom is -0.348 e. The van der Waals surface area contributed by atoms with Crippen LogP contribution >= 0.6 is 11.3 Å². The van der Waals surface area contributed by atoms with Crippen LogP contribution in [0.15, 0.2) is 58.3 Å². The number of hydrogen-bond acceptors (Lipinski definition) is 4. The number of amides is 1. The van der Waals surface area contributed by atoms with Gasteiger partial charge in [0, 0.05) is 36.9 Å². The summed E-state index contributed by atoms with van der Waals surface area (Å²) in [6, 6.07) is 8.99. The van der Waals surface area contributed by atoms with E-state index in [2.05, 4.69) is 10.3 Å². The highest BCUT2D eigenvalue weighted by Crippen LogP contribution is 2.20. The number of hydrogen-bond donors (Lipinski definition) is 1. The van der Waals surface area contributed by atoms with Crippen LogP contribution in [-0.2, 0) is 13.6 Å². The smallest absolute Gasteiger partial charge is 0.263 e. The molecule has 0 fully saturated rings. The molecule has 6 heteroatoms. The third-order valence-corrected chi connectivity index (χ3v) is 4.15. The van der Waals surface area contributed by atoms with Crippen molar-refractivity contribution in [2.45, 2.75) is 6.54 Å². The van der Waals surface area contributed by atoms with E-state index in [1.165, 1.54) is 10.6 Å². The maximum atomic E-state index is 12.2. The molecule has 0 unspecified atom stereocenters. The Hall–Kier alpha value is -2.73. The molecule has 3 aromatic rings. The van der Waals surface area contributed by atoms with Crippen LogP contribution in [0.5, 0.6) is 0 Å². The van der Waals surface area contributed by atoms with E-state index in [-0.39, 0.29) is 17.0 Å². The number of carbonyl (C=O) groups is 1. The molecule has 0 radical (unpaired) electrons. The highest BCUT2D eigenvalue weighted by atomic mass is 32.1. The summed E-state index contributed by atoms with van der Waals surface area (Å²) in [4.78, 5) is 28.4. The molecule has 0 atom stereocenters.